The third kappa shape index (κ3) is 1.41. The first kappa shape index (κ1) is 9.50. The molecule has 7 nitrogen and oxygen atoms in total. The molecular formula is C8H11N5O2. The maximum Gasteiger partial charge on any atom is 0.337 e. The molecule has 0 fully saturated rings. The molecule has 0 aliphatic rings. The van der Waals surface area contributed by atoms with Crippen LogP contribution in [0.4, 0.5) is 5.82 Å². The van der Waals surface area contributed by atoms with Crippen molar-refractivity contribution in [1.29, 1.82) is 0 Å². The number of fused-ring (bicyclic) bond motifs is 1. The van der Waals surface area contributed by atoms with Crippen LogP contribution < -0.4 is 16.0 Å². The Hall–Kier alpha value is -2.05. The number of aromatic amines is 1. The standard InChI is InChI=1S/C8H11N5O2/c1-3-15-8-11-7-10-6(14)4(2)5(9)13(7)12-8/h3,9H2,1-2H3,(H,10,11,12,14). The van der Waals surface area contributed by atoms with Crippen molar-refractivity contribution < 1.29 is 4.74 Å². The molecule has 15 heavy (non-hydrogen) atoms. The highest BCUT2D eigenvalue weighted by Gasteiger charge is 2.10. The van der Waals surface area contributed by atoms with Crippen LogP contribution in [0, 0.1) is 6.92 Å². The molecule has 0 radical (unpaired) electrons. The number of nitrogens with zero attached hydrogens (tertiary/aromatic N) is 3. The minimum atomic E-state index is -0.268. The number of rotatable bonds is 2. The number of aromatic nitrogens is 4. The van der Waals surface area contributed by atoms with Gasteiger partial charge in [-0.25, -0.2) is 0 Å². The van der Waals surface area contributed by atoms with E-state index < -0.39 is 0 Å². The number of nitrogens with one attached hydrogen (secondary N) is 1. The van der Waals surface area contributed by atoms with Crippen LogP contribution in [0.25, 0.3) is 5.78 Å². The number of H-pyrrole nitrogens is 1. The van der Waals surface area contributed by atoms with Crippen molar-refractivity contribution in [2.45, 2.75) is 13.8 Å². The van der Waals surface area contributed by atoms with Crippen molar-refractivity contribution >= 4 is 11.6 Å². The van der Waals surface area contributed by atoms with E-state index in [-0.39, 0.29) is 23.2 Å². The molecule has 0 saturated carbocycles. The van der Waals surface area contributed by atoms with Gasteiger partial charge in [0.15, 0.2) is 0 Å². The topological polar surface area (TPSA) is 98.3 Å². The first-order chi connectivity index (χ1) is 7.13. The van der Waals surface area contributed by atoms with Crippen LogP contribution in [-0.2, 0) is 0 Å². The number of anilines is 1. The van der Waals surface area contributed by atoms with Gasteiger partial charge in [0.1, 0.15) is 5.82 Å². The summed E-state index contributed by atoms with van der Waals surface area (Å²) in [5, 5.41) is 3.99. The molecule has 0 amide bonds. The molecular weight excluding hydrogens is 198 g/mol. The van der Waals surface area contributed by atoms with Gasteiger partial charge in [-0.15, -0.1) is 5.10 Å². The van der Waals surface area contributed by atoms with Crippen LogP contribution in [0.15, 0.2) is 4.79 Å². The Labute approximate surface area is 84.9 Å². The van der Waals surface area contributed by atoms with Crippen LogP contribution in [0.3, 0.4) is 0 Å². The Balaban J connectivity index is 2.71. The van der Waals surface area contributed by atoms with E-state index in [4.69, 9.17) is 10.5 Å². The normalized spacial score (nSPS) is 10.8. The zero-order valence-corrected chi connectivity index (χ0v) is 8.44. The summed E-state index contributed by atoms with van der Waals surface area (Å²) < 4.78 is 6.45. The van der Waals surface area contributed by atoms with Gasteiger partial charge in [-0.2, -0.15) is 9.50 Å². The van der Waals surface area contributed by atoms with E-state index in [2.05, 4.69) is 15.1 Å². The summed E-state index contributed by atoms with van der Waals surface area (Å²) >= 11 is 0. The van der Waals surface area contributed by atoms with Crippen molar-refractivity contribution in [2.24, 2.45) is 0 Å². The van der Waals surface area contributed by atoms with E-state index in [0.29, 0.717) is 12.2 Å². The molecule has 2 aromatic rings. The zero-order chi connectivity index (χ0) is 11.0. The minimum absolute atomic E-state index is 0.199. The number of ether oxygens (including phenoxy) is 1. The van der Waals surface area contributed by atoms with Gasteiger partial charge in [0.2, 0.25) is 5.78 Å². The second-order valence-corrected chi connectivity index (χ2v) is 3.03. The molecule has 0 bridgehead atoms. The highest BCUT2D eigenvalue weighted by molar-refractivity contribution is 5.45. The summed E-state index contributed by atoms with van der Waals surface area (Å²) in [5.41, 5.74) is 5.86. The first-order valence-electron chi connectivity index (χ1n) is 4.51. The molecule has 2 heterocycles. The van der Waals surface area contributed by atoms with Crippen LogP contribution in [-0.4, -0.2) is 26.2 Å². The summed E-state index contributed by atoms with van der Waals surface area (Å²) in [4.78, 5) is 17.9. The average Bonchev–Trinajstić information content (AvgIpc) is 2.58. The molecule has 0 spiro atoms. The average molecular weight is 209 g/mol. The van der Waals surface area contributed by atoms with Crippen molar-refractivity contribution in [2.75, 3.05) is 12.3 Å². The van der Waals surface area contributed by atoms with E-state index in [0.717, 1.165) is 0 Å². The van der Waals surface area contributed by atoms with Gasteiger partial charge >= 0.3 is 6.01 Å². The smallest absolute Gasteiger partial charge is 0.337 e. The highest BCUT2D eigenvalue weighted by atomic mass is 16.5. The molecule has 7 heteroatoms. The molecule has 3 N–H and O–H groups in total. The summed E-state index contributed by atoms with van der Waals surface area (Å²) in [6.45, 7) is 3.90. The van der Waals surface area contributed by atoms with E-state index in [1.807, 2.05) is 6.92 Å². The summed E-state index contributed by atoms with van der Waals surface area (Å²) in [6.07, 6.45) is 0. The number of nitrogens with two attached hydrogens (primary N) is 1. The molecule has 0 atom stereocenters. The predicted molar refractivity (Wildman–Crippen MR) is 53.9 cm³/mol. The van der Waals surface area contributed by atoms with Crippen LogP contribution in [0.5, 0.6) is 6.01 Å². The van der Waals surface area contributed by atoms with Gasteiger partial charge in [0.05, 0.1) is 12.2 Å². The third-order valence-electron chi connectivity index (χ3n) is 2.04. The van der Waals surface area contributed by atoms with Crippen molar-refractivity contribution in [3.8, 4) is 6.01 Å². The maximum atomic E-state index is 11.4. The predicted octanol–water partition coefficient (Wildman–Crippen LogP) is -0.293. The summed E-state index contributed by atoms with van der Waals surface area (Å²) in [6, 6.07) is 0.199. The van der Waals surface area contributed by atoms with Gasteiger partial charge in [-0.3, -0.25) is 9.78 Å². The fourth-order valence-corrected chi connectivity index (χ4v) is 1.20. The maximum absolute atomic E-state index is 11.4. The lowest BCUT2D eigenvalue weighted by Gasteiger charge is -1.99. The molecule has 80 valence electrons. The van der Waals surface area contributed by atoms with E-state index in [9.17, 15) is 4.79 Å². The fourth-order valence-electron chi connectivity index (χ4n) is 1.20. The van der Waals surface area contributed by atoms with E-state index in [1.54, 1.807) is 6.92 Å². The Bertz CT molecular complexity index is 556. The van der Waals surface area contributed by atoms with Crippen LogP contribution >= 0.6 is 0 Å². The zero-order valence-electron chi connectivity index (χ0n) is 8.44. The molecule has 0 aliphatic heterocycles. The minimum Gasteiger partial charge on any atom is -0.463 e. The Morgan fingerprint density at radius 3 is 3.00 bits per heavy atom. The van der Waals surface area contributed by atoms with Crippen molar-refractivity contribution in [3.05, 3.63) is 15.9 Å². The SMILES string of the molecule is CCOc1nc2[nH]c(=O)c(C)c(N)n2n1. The van der Waals surface area contributed by atoms with Crippen molar-refractivity contribution in [3.63, 3.8) is 0 Å². The summed E-state index contributed by atoms with van der Waals surface area (Å²) in [5.74, 6) is 0.554. The highest BCUT2D eigenvalue weighted by Crippen LogP contribution is 2.10. The first-order valence-corrected chi connectivity index (χ1v) is 4.51. The van der Waals surface area contributed by atoms with Gasteiger partial charge < -0.3 is 10.5 Å². The lowest BCUT2D eigenvalue weighted by molar-refractivity contribution is 0.313. The molecule has 0 aromatic carbocycles. The second-order valence-electron chi connectivity index (χ2n) is 3.03. The number of nitrogen functional groups attached to an aromatic ring is 1. The van der Waals surface area contributed by atoms with Gasteiger partial charge in [-0.05, 0) is 13.8 Å². The van der Waals surface area contributed by atoms with Crippen molar-refractivity contribution in [1.82, 2.24) is 19.6 Å². The number of hydrogen-bond donors (Lipinski definition) is 2. The molecule has 2 aromatic heterocycles. The largest absolute Gasteiger partial charge is 0.463 e. The van der Waals surface area contributed by atoms with Crippen LogP contribution in [0.2, 0.25) is 0 Å². The van der Waals surface area contributed by atoms with Gasteiger partial charge in [0.25, 0.3) is 5.56 Å². The third-order valence-corrected chi connectivity index (χ3v) is 2.04. The molecule has 2 rings (SSSR count). The Morgan fingerprint density at radius 1 is 1.60 bits per heavy atom. The van der Waals surface area contributed by atoms with E-state index >= 15 is 0 Å². The molecule has 0 unspecified atom stereocenters. The second kappa shape index (κ2) is 3.26. The molecule has 0 saturated heterocycles. The Kier molecular flexibility index (Phi) is 2.07. The fraction of sp³-hybridized carbons (Fsp3) is 0.375. The summed E-state index contributed by atoms with van der Waals surface area (Å²) in [7, 11) is 0. The Morgan fingerprint density at radius 2 is 2.33 bits per heavy atom. The lowest BCUT2D eigenvalue weighted by atomic mass is 10.3. The molecule has 0 aliphatic carbocycles. The van der Waals surface area contributed by atoms with Gasteiger partial charge in [-0.1, -0.05) is 0 Å². The monoisotopic (exact) mass is 209 g/mol. The van der Waals surface area contributed by atoms with Gasteiger partial charge in [0, 0.05) is 0 Å². The van der Waals surface area contributed by atoms with Crippen LogP contribution in [0.1, 0.15) is 12.5 Å². The van der Waals surface area contributed by atoms with E-state index in [1.165, 1.54) is 4.52 Å². The number of hydrogen-bond acceptors (Lipinski definition) is 5. The lowest BCUT2D eigenvalue weighted by Crippen LogP contribution is -2.16. The quantitative estimate of drug-likeness (QED) is 0.708.